The van der Waals surface area contributed by atoms with E-state index >= 15 is 0 Å². The number of carboxylic acid groups (broad SMARTS) is 1. The highest BCUT2D eigenvalue weighted by molar-refractivity contribution is 7.17. The number of hydrogen-bond acceptors (Lipinski definition) is 7. The minimum atomic E-state index is -2.29. The van der Waals surface area contributed by atoms with Crippen LogP contribution in [-0.4, -0.2) is 40.7 Å². The average Bonchev–Trinajstić information content (AvgIpc) is 2.68. The Bertz CT molecular complexity index is 731. The molecule has 1 amide bonds. The van der Waals surface area contributed by atoms with Crippen LogP contribution in [0.25, 0.3) is 0 Å². The molecule has 0 spiro atoms. The molecule has 0 aliphatic rings. The van der Waals surface area contributed by atoms with E-state index in [1.54, 1.807) is 6.92 Å². The van der Waals surface area contributed by atoms with Crippen molar-refractivity contribution in [1.29, 1.82) is 0 Å². The number of hydrogen-bond donors (Lipinski definition) is 5. The number of aliphatic imine (C=N–C) groups is 1. The number of carbonyl (C=O) groups is 2. The van der Waals surface area contributed by atoms with Crippen molar-refractivity contribution in [2.24, 2.45) is 28.3 Å². The lowest BCUT2D eigenvalue weighted by Gasteiger charge is -2.23. The van der Waals surface area contributed by atoms with Gasteiger partial charge in [-0.15, -0.1) is 0 Å². The van der Waals surface area contributed by atoms with Crippen LogP contribution >= 0.6 is 8.69 Å². The van der Waals surface area contributed by atoms with Crippen LogP contribution < -0.4 is 16.8 Å². The van der Waals surface area contributed by atoms with Gasteiger partial charge in [0, 0.05) is 13.0 Å². The van der Waals surface area contributed by atoms with Gasteiger partial charge in [0.15, 0.2) is 5.96 Å². The smallest absolute Gasteiger partial charge is 0.407 e. The molecule has 166 valence electrons. The number of aliphatic carboxylic acids is 1. The van der Waals surface area contributed by atoms with E-state index in [1.807, 2.05) is 30.3 Å². The summed E-state index contributed by atoms with van der Waals surface area (Å²) in [5.41, 5.74) is 11.2. The highest BCUT2D eigenvalue weighted by Gasteiger charge is 2.32. The van der Waals surface area contributed by atoms with Gasteiger partial charge in [0.05, 0.1) is 5.92 Å². The van der Waals surface area contributed by atoms with E-state index in [1.165, 1.54) is 0 Å². The first-order chi connectivity index (χ1) is 14.1. The highest BCUT2D eigenvalue weighted by atomic mass is 31.1. The summed E-state index contributed by atoms with van der Waals surface area (Å²) in [5, 5.41) is 22.2. The maximum atomic E-state index is 11.8. The van der Waals surface area contributed by atoms with Crippen LogP contribution in [0.1, 0.15) is 31.7 Å². The van der Waals surface area contributed by atoms with Crippen molar-refractivity contribution in [3.8, 4) is 0 Å². The number of aliphatic hydroxyl groups is 1. The maximum absolute atomic E-state index is 11.8. The fourth-order valence-electron chi connectivity index (χ4n) is 2.69. The van der Waals surface area contributed by atoms with Crippen LogP contribution in [0, 0.1) is 11.8 Å². The zero-order valence-corrected chi connectivity index (χ0v) is 17.5. The standard InChI is InChI=1S/C18H27N4O7P/c1-12(10-21-17(25)28-11-13-5-3-2-4-6-13)9-14(15(23)24)7-8-18(26,29-30-27)22-16(19)20/h2-6,12,14,26H,7-11H2,1H3,(H,21,25)(H,23,24)(H4,19,20,22). The van der Waals surface area contributed by atoms with E-state index < -0.39 is 38.5 Å². The van der Waals surface area contributed by atoms with Crippen molar-refractivity contribution < 1.29 is 33.6 Å². The SMILES string of the molecule is CC(CNC(=O)OCc1ccccc1)CC(CCC(O)(N=C(N)N)OP=O)C(=O)O. The molecule has 0 aliphatic heterocycles. The van der Waals surface area contributed by atoms with Gasteiger partial charge in [-0.25, -0.2) is 13.9 Å². The van der Waals surface area contributed by atoms with Crippen LogP contribution in [0.3, 0.4) is 0 Å². The Labute approximate surface area is 175 Å². The number of rotatable bonds is 13. The zero-order chi connectivity index (χ0) is 22.6. The predicted octanol–water partition coefficient (Wildman–Crippen LogP) is 1.56. The third-order valence-electron chi connectivity index (χ3n) is 4.15. The lowest BCUT2D eigenvalue weighted by molar-refractivity contribution is -0.147. The van der Waals surface area contributed by atoms with E-state index in [0.717, 1.165) is 5.56 Å². The van der Waals surface area contributed by atoms with Crippen molar-refractivity contribution >= 4 is 26.7 Å². The third-order valence-corrected chi connectivity index (χ3v) is 4.52. The molecule has 0 saturated carbocycles. The number of benzene rings is 1. The van der Waals surface area contributed by atoms with Crippen molar-refractivity contribution in [3.63, 3.8) is 0 Å². The van der Waals surface area contributed by atoms with E-state index in [4.69, 9.17) is 16.2 Å². The van der Waals surface area contributed by atoms with Gasteiger partial charge in [0.2, 0.25) is 0 Å². The number of nitrogens with zero attached hydrogens (tertiary/aromatic N) is 1. The first kappa shape index (κ1) is 25.3. The van der Waals surface area contributed by atoms with Crippen LogP contribution in [-0.2, 0) is 25.2 Å². The molecule has 0 heterocycles. The van der Waals surface area contributed by atoms with E-state index in [-0.39, 0.29) is 38.3 Å². The predicted molar refractivity (Wildman–Crippen MR) is 108 cm³/mol. The summed E-state index contributed by atoms with van der Waals surface area (Å²) in [6.45, 7) is 2.09. The molecule has 12 heteroatoms. The number of carboxylic acids is 1. The quantitative estimate of drug-likeness (QED) is 0.131. The topological polar surface area (TPSA) is 187 Å². The summed E-state index contributed by atoms with van der Waals surface area (Å²) in [4.78, 5) is 26.8. The summed E-state index contributed by atoms with van der Waals surface area (Å²) in [6, 6.07) is 9.18. The van der Waals surface area contributed by atoms with Crippen molar-refractivity contribution in [2.45, 2.75) is 38.7 Å². The molecule has 0 bridgehead atoms. The van der Waals surface area contributed by atoms with Gasteiger partial charge in [-0.1, -0.05) is 37.3 Å². The highest BCUT2D eigenvalue weighted by Crippen LogP contribution is 2.27. The van der Waals surface area contributed by atoms with Gasteiger partial charge in [-0.3, -0.25) is 4.79 Å². The maximum Gasteiger partial charge on any atom is 0.407 e. The lowest BCUT2D eigenvalue weighted by atomic mass is 9.91. The van der Waals surface area contributed by atoms with Crippen molar-refractivity contribution in [1.82, 2.24) is 5.32 Å². The second-order valence-corrected chi connectivity index (χ2v) is 7.13. The van der Waals surface area contributed by atoms with Crippen LogP contribution in [0.2, 0.25) is 0 Å². The molecule has 0 saturated heterocycles. The molecule has 1 aromatic rings. The van der Waals surface area contributed by atoms with Gasteiger partial charge < -0.3 is 31.7 Å². The van der Waals surface area contributed by atoms with Crippen molar-refractivity contribution in [2.75, 3.05) is 6.54 Å². The van der Waals surface area contributed by atoms with Crippen LogP contribution in [0.15, 0.2) is 35.3 Å². The molecule has 7 N–H and O–H groups in total. The molecule has 0 aromatic heterocycles. The zero-order valence-electron chi connectivity index (χ0n) is 16.6. The first-order valence-electron chi connectivity index (χ1n) is 9.16. The van der Waals surface area contributed by atoms with Crippen LogP contribution in [0.5, 0.6) is 0 Å². The first-order valence-corrected chi connectivity index (χ1v) is 9.89. The Hall–Kier alpha value is -2.75. The normalized spacial score (nSPS) is 14.9. The third kappa shape index (κ3) is 10.1. The molecule has 1 aromatic carbocycles. The molecule has 3 unspecified atom stereocenters. The largest absolute Gasteiger partial charge is 0.481 e. The van der Waals surface area contributed by atoms with Gasteiger partial charge in [-0.05, 0) is 24.3 Å². The number of ether oxygens (including phenoxy) is 1. The lowest BCUT2D eigenvalue weighted by Crippen LogP contribution is -2.35. The summed E-state index contributed by atoms with van der Waals surface area (Å²) in [7, 11) is -0.863. The molecule has 1 rings (SSSR count). The average molecular weight is 442 g/mol. The van der Waals surface area contributed by atoms with Gasteiger partial charge in [-0.2, -0.15) is 4.99 Å². The van der Waals surface area contributed by atoms with E-state index in [9.17, 15) is 24.4 Å². The number of carbonyl (C=O) groups excluding carboxylic acids is 1. The van der Waals surface area contributed by atoms with Gasteiger partial charge in [0.25, 0.3) is 5.91 Å². The molecule has 30 heavy (non-hydrogen) atoms. The number of nitrogens with two attached hydrogens (primary N) is 2. The second kappa shape index (κ2) is 12.7. The van der Waals surface area contributed by atoms with E-state index in [2.05, 4.69) is 14.8 Å². The fraction of sp³-hybridized carbons (Fsp3) is 0.500. The van der Waals surface area contributed by atoms with Gasteiger partial charge in [0.1, 0.15) is 6.61 Å². The Morgan fingerprint density at radius 2 is 1.97 bits per heavy atom. The number of nitrogens with one attached hydrogen (secondary N) is 1. The Balaban J connectivity index is 2.49. The number of alkyl carbamates (subject to hydrolysis) is 1. The fourth-order valence-corrected chi connectivity index (χ4v) is 2.94. The molecular weight excluding hydrogens is 415 g/mol. The Morgan fingerprint density at radius 1 is 1.30 bits per heavy atom. The molecule has 0 fully saturated rings. The molecule has 0 radical (unpaired) electrons. The number of amides is 1. The molecule has 0 aliphatic carbocycles. The Kier molecular flexibility index (Phi) is 10.7. The Morgan fingerprint density at radius 3 is 2.53 bits per heavy atom. The minimum Gasteiger partial charge on any atom is -0.481 e. The summed E-state index contributed by atoms with van der Waals surface area (Å²) in [6.07, 6.45) is -0.763. The van der Waals surface area contributed by atoms with Crippen LogP contribution in [0.4, 0.5) is 4.79 Å². The molecule has 3 atom stereocenters. The second-order valence-electron chi connectivity index (χ2n) is 6.80. The minimum absolute atomic E-state index is 0.0546. The summed E-state index contributed by atoms with van der Waals surface area (Å²) >= 11 is 0. The monoisotopic (exact) mass is 442 g/mol. The molecular formula is C18H27N4O7P. The number of guanidine groups is 1. The van der Waals surface area contributed by atoms with E-state index in [0.29, 0.717) is 0 Å². The van der Waals surface area contributed by atoms with Gasteiger partial charge >= 0.3 is 20.7 Å². The summed E-state index contributed by atoms with van der Waals surface area (Å²) < 4.78 is 20.3. The van der Waals surface area contributed by atoms with Crippen molar-refractivity contribution in [3.05, 3.63) is 35.9 Å². The molecule has 11 nitrogen and oxygen atoms in total. The summed E-state index contributed by atoms with van der Waals surface area (Å²) in [5.74, 6) is -4.97.